The average molecular weight is 262 g/mol. The van der Waals surface area contributed by atoms with Gasteiger partial charge < -0.3 is 9.84 Å². The molecule has 1 N–H and O–H groups in total. The Labute approximate surface area is 116 Å². The third kappa shape index (κ3) is 3.38. The molecule has 2 heterocycles. The van der Waals surface area contributed by atoms with E-state index < -0.39 is 0 Å². The molecular weight excluding hydrogens is 236 g/mol. The van der Waals surface area contributed by atoms with Gasteiger partial charge in [0.2, 0.25) is 0 Å². The summed E-state index contributed by atoms with van der Waals surface area (Å²) in [5.41, 5.74) is 1.43. The van der Waals surface area contributed by atoms with E-state index in [0.717, 1.165) is 25.4 Å². The molecular formula is C16H26N2O. The van der Waals surface area contributed by atoms with Gasteiger partial charge in [0, 0.05) is 12.0 Å². The second-order valence-corrected chi connectivity index (χ2v) is 6.29. The molecule has 0 spiro atoms. The molecule has 106 valence electrons. The summed E-state index contributed by atoms with van der Waals surface area (Å²) >= 11 is 0. The van der Waals surface area contributed by atoms with Gasteiger partial charge in [0.05, 0.1) is 6.20 Å². The van der Waals surface area contributed by atoms with Crippen LogP contribution in [0.3, 0.4) is 0 Å². The first-order valence-corrected chi connectivity index (χ1v) is 8.07. The van der Waals surface area contributed by atoms with Gasteiger partial charge in [-0.15, -0.1) is 0 Å². The van der Waals surface area contributed by atoms with Crippen LogP contribution in [0.1, 0.15) is 68.6 Å². The molecule has 1 saturated carbocycles. The van der Waals surface area contributed by atoms with Crippen molar-refractivity contribution in [2.45, 2.75) is 63.7 Å². The van der Waals surface area contributed by atoms with Gasteiger partial charge in [-0.3, -0.25) is 0 Å². The van der Waals surface area contributed by atoms with Crippen molar-refractivity contribution < 1.29 is 4.52 Å². The van der Waals surface area contributed by atoms with Gasteiger partial charge in [-0.05, 0) is 50.6 Å². The zero-order valence-electron chi connectivity index (χ0n) is 11.9. The zero-order chi connectivity index (χ0) is 12.9. The largest absolute Gasteiger partial charge is 0.361 e. The highest BCUT2D eigenvalue weighted by atomic mass is 16.5. The maximum atomic E-state index is 5.59. The van der Waals surface area contributed by atoms with Gasteiger partial charge in [-0.1, -0.05) is 30.8 Å². The van der Waals surface area contributed by atoms with Crippen LogP contribution >= 0.6 is 0 Å². The van der Waals surface area contributed by atoms with E-state index >= 15 is 0 Å². The minimum atomic E-state index is 0.713. The van der Waals surface area contributed by atoms with E-state index in [1.807, 2.05) is 6.20 Å². The lowest BCUT2D eigenvalue weighted by molar-refractivity contribution is 0.315. The molecule has 0 unspecified atom stereocenters. The lowest BCUT2D eigenvalue weighted by atomic mass is 9.87. The van der Waals surface area contributed by atoms with Crippen molar-refractivity contribution in [3.05, 3.63) is 17.5 Å². The van der Waals surface area contributed by atoms with Crippen molar-refractivity contribution in [1.82, 2.24) is 10.5 Å². The second kappa shape index (κ2) is 6.56. The van der Waals surface area contributed by atoms with E-state index in [4.69, 9.17) is 4.52 Å². The van der Waals surface area contributed by atoms with Gasteiger partial charge in [0.1, 0.15) is 5.76 Å². The van der Waals surface area contributed by atoms with E-state index in [-0.39, 0.29) is 0 Å². The third-order valence-corrected chi connectivity index (χ3v) is 4.90. The summed E-state index contributed by atoms with van der Waals surface area (Å²) in [4.78, 5) is 0. The molecule has 1 aromatic rings. The van der Waals surface area contributed by atoms with E-state index in [1.54, 1.807) is 0 Å². The molecule has 3 heteroatoms. The van der Waals surface area contributed by atoms with Crippen LogP contribution in [0, 0.1) is 5.92 Å². The highest BCUT2D eigenvalue weighted by Crippen LogP contribution is 2.34. The average Bonchev–Trinajstić information content (AvgIpc) is 2.74. The Morgan fingerprint density at radius 3 is 2.53 bits per heavy atom. The van der Waals surface area contributed by atoms with Gasteiger partial charge in [0.25, 0.3) is 0 Å². The fourth-order valence-electron chi connectivity index (χ4n) is 3.70. The fraction of sp³-hybridized carbons (Fsp3) is 0.812. The summed E-state index contributed by atoms with van der Waals surface area (Å²) in [7, 11) is 0. The molecule has 3 nitrogen and oxygen atoms in total. The van der Waals surface area contributed by atoms with Crippen LogP contribution in [-0.4, -0.2) is 18.2 Å². The molecule has 1 saturated heterocycles. The van der Waals surface area contributed by atoms with Crippen molar-refractivity contribution in [3.63, 3.8) is 0 Å². The monoisotopic (exact) mass is 262 g/mol. The Hall–Kier alpha value is -0.830. The Morgan fingerprint density at radius 1 is 1.05 bits per heavy atom. The molecule has 0 aromatic carbocycles. The molecule has 0 atom stereocenters. The molecule has 0 bridgehead atoms. The number of nitrogens with one attached hydrogen (secondary N) is 1. The van der Waals surface area contributed by atoms with E-state index in [9.17, 15) is 0 Å². The number of aromatic nitrogens is 1. The Bertz CT molecular complexity index is 374. The zero-order valence-corrected chi connectivity index (χ0v) is 11.9. The van der Waals surface area contributed by atoms with Crippen molar-refractivity contribution in [2.75, 3.05) is 13.1 Å². The minimum Gasteiger partial charge on any atom is -0.361 e. The van der Waals surface area contributed by atoms with E-state index in [2.05, 4.69) is 10.5 Å². The number of piperidine rings is 1. The summed E-state index contributed by atoms with van der Waals surface area (Å²) < 4.78 is 5.59. The van der Waals surface area contributed by atoms with Crippen LogP contribution in [0.2, 0.25) is 0 Å². The van der Waals surface area contributed by atoms with Crippen molar-refractivity contribution in [2.24, 2.45) is 5.92 Å². The first-order valence-electron chi connectivity index (χ1n) is 8.07. The van der Waals surface area contributed by atoms with Crippen LogP contribution in [0.5, 0.6) is 0 Å². The number of rotatable bonds is 3. The van der Waals surface area contributed by atoms with Gasteiger partial charge in [-0.2, -0.15) is 0 Å². The lowest BCUT2D eigenvalue weighted by Crippen LogP contribution is -2.28. The van der Waals surface area contributed by atoms with Crippen LogP contribution in [-0.2, 0) is 6.42 Å². The van der Waals surface area contributed by atoms with Crippen molar-refractivity contribution in [3.8, 4) is 0 Å². The van der Waals surface area contributed by atoms with Crippen LogP contribution in [0.4, 0.5) is 0 Å². The topological polar surface area (TPSA) is 38.1 Å². The smallest absolute Gasteiger partial charge is 0.140 e. The van der Waals surface area contributed by atoms with Crippen LogP contribution < -0.4 is 5.32 Å². The first-order chi connectivity index (χ1) is 9.43. The fourth-order valence-corrected chi connectivity index (χ4v) is 3.70. The minimum absolute atomic E-state index is 0.713. The van der Waals surface area contributed by atoms with Gasteiger partial charge >= 0.3 is 0 Å². The summed E-state index contributed by atoms with van der Waals surface area (Å²) in [5, 5.41) is 7.54. The normalized spacial score (nSPS) is 23.4. The molecule has 1 aromatic heterocycles. The van der Waals surface area contributed by atoms with Crippen LogP contribution in [0.25, 0.3) is 0 Å². The van der Waals surface area contributed by atoms with Crippen LogP contribution in [0.15, 0.2) is 10.7 Å². The molecule has 1 aliphatic heterocycles. The molecule has 19 heavy (non-hydrogen) atoms. The maximum absolute atomic E-state index is 5.59. The highest BCUT2D eigenvalue weighted by Gasteiger charge is 2.23. The maximum Gasteiger partial charge on any atom is 0.140 e. The van der Waals surface area contributed by atoms with E-state index in [1.165, 1.54) is 62.7 Å². The standard InChI is InChI=1S/C16H26N2O/c1-2-4-6-14(5-3-1)15-12-18-19-16(15)11-13-7-9-17-10-8-13/h12-14,17H,1-11H2. The van der Waals surface area contributed by atoms with Gasteiger partial charge in [-0.25, -0.2) is 0 Å². The van der Waals surface area contributed by atoms with Gasteiger partial charge in [0.15, 0.2) is 0 Å². The quantitative estimate of drug-likeness (QED) is 0.845. The SMILES string of the molecule is c1noc(CC2CCNCC2)c1C1CCCCCC1. The number of hydrogen-bond acceptors (Lipinski definition) is 3. The van der Waals surface area contributed by atoms with Crippen molar-refractivity contribution >= 4 is 0 Å². The van der Waals surface area contributed by atoms with Crippen molar-refractivity contribution in [1.29, 1.82) is 0 Å². The second-order valence-electron chi connectivity index (χ2n) is 6.29. The third-order valence-electron chi connectivity index (χ3n) is 4.90. The summed E-state index contributed by atoms with van der Waals surface area (Å²) in [6.45, 7) is 2.33. The molecule has 2 fully saturated rings. The van der Waals surface area contributed by atoms with E-state index in [0.29, 0.717) is 5.92 Å². The molecule has 1 aliphatic carbocycles. The highest BCUT2D eigenvalue weighted by molar-refractivity contribution is 5.20. The number of nitrogens with zero attached hydrogens (tertiary/aromatic N) is 1. The summed E-state index contributed by atoms with van der Waals surface area (Å²) in [6, 6.07) is 0. The Morgan fingerprint density at radius 2 is 1.79 bits per heavy atom. The molecule has 3 rings (SSSR count). The summed E-state index contributed by atoms with van der Waals surface area (Å²) in [6.07, 6.45) is 13.9. The number of hydrogen-bond donors (Lipinski definition) is 1. The Balaban J connectivity index is 1.66. The molecule has 0 radical (unpaired) electrons. The summed E-state index contributed by atoms with van der Waals surface area (Å²) in [5.74, 6) is 2.70. The lowest BCUT2D eigenvalue weighted by Gasteiger charge is -2.22. The first kappa shape index (κ1) is 13.2. The predicted molar refractivity (Wildman–Crippen MR) is 76.2 cm³/mol. The molecule has 2 aliphatic rings. The molecule has 0 amide bonds. The Kier molecular flexibility index (Phi) is 4.54. The predicted octanol–water partition coefficient (Wildman–Crippen LogP) is 3.65.